The molecule has 0 aliphatic heterocycles. The minimum absolute atomic E-state index is 0.153. The number of hydrogen-bond donors (Lipinski definition) is 1. The van der Waals surface area contributed by atoms with Gasteiger partial charge in [-0.1, -0.05) is 30.3 Å². The third-order valence-corrected chi connectivity index (χ3v) is 5.39. The van der Waals surface area contributed by atoms with Gasteiger partial charge in [0, 0.05) is 12.6 Å². The Hall–Kier alpha value is -1.40. The number of hydrogen-bond acceptors (Lipinski definition) is 3. The molecule has 0 amide bonds. The van der Waals surface area contributed by atoms with E-state index in [0.29, 0.717) is 5.92 Å². The van der Waals surface area contributed by atoms with Gasteiger partial charge < -0.3 is 5.11 Å². The van der Waals surface area contributed by atoms with Crippen molar-refractivity contribution in [2.45, 2.75) is 32.4 Å². The lowest BCUT2D eigenvalue weighted by Crippen LogP contribution is -2.42. The lowest BCUT2D eigenvalue weighted by atomic mass is 10.2. The molecular weight excluding hydrogens is 278 g/mol. The van der Waals surface area contributed by atoms with Gasteiger partial charge >= 0.3 is 5.97 Å². The number of sulfonamides is 1. The minimum atomic E-state index is -3.79. The number of rotatable bonds is 7. The summed E-state index contributed by atoms with van der Waals surface area (Å²) in [5, 5.41) is 8.79. The maximum absolute atomic E-state index is 12.3. The van der Waals surface area contributed by atoms with Crippen LogP contribution in [-0.4, -0.2) is 35.6 Å². The second-order valence-electron chi connectivity index (χ2n) is 5.26. The highest BCUT2D eigenvalue weighted by molar-refractivity contribution is 7.89. The Bertz CT molecular complexity index is 566. The van der Waals surface area contributed by atoms with Crippen molar-refractivity contribution in [2.75, 3.05) is 5.75 Å². The van der Waals surface area contributed by atoms with Crippen molar-refractivity contribution in [3.63, 3.8) is 0 Å². The van der Waals surface area contributed by atoms with Crippen LogP contribution in [-0.2, 0) is 21.4 Å². The lowest BCUT2D eigenvalue weighted by Gasteiger charge is -2.28. The molecule has 1 saturated carbocycles. The summed E-state index contributed by atoms with van der Waals surface area (Å²) in [4.78, 5) is 10.8. The molecule has 5 nitrogen and oxygen atoms in total. The summed E-state index contributed by atoms with van der Waals surface area (Å²) in [5.74, 6) is -1.81. The highest BCUT2D eigenvalue weighted by atomic mass is 32.2. The van der Waals surface area contributed by atoms with Crippen molar-refractivity contribution in [1.82, 2.24) is 4.31 Å². The third kappa shape index (κ3) is 3.80. The standard InChI is InChI=1S/C14H19NO4S/c1-11(13-7-8-13)15(20(18,19)10-14(16)17)9-12-5-3-2-4-6-12/h2-6,11,13H,7-10H2,1H3,(H,16,17). The molecular formula is C14H19NO4S. The van der Waals surface area contributed by atoms with Crippen LogP contribution in [0.25, 0.3) is 0 Å². The molecule has 0 spiro atoms. The van der Waals surface area contributed by atoms with E-state index in [4.69, 9.17) is 5.11 Å². The largest absolute Gasteiger partial charge is 0.480 e. The van der Waals surface area contributed by atoms with Crippen LogP contribution in [0, 0.1) is 5.92 Å². The van der Waals surface area contributed by atoms with Gasteiger partial charge in [0.15, 0.2) is 5.75 Å². The topological polar surface area (TPSA) is 74.7 Å². The van der Waals surface area contributed by atoms with E-state index in [-0.39, 0.29) is 12.6 Å². The fourth-order valence-corrected chi connectivity index (χ4v) is 3.81. The molecule has 1 aromatic carbocycles. The monoisotopic (exact) mass is 297 g/mol. The van der Waals surface area contributed by atoms with Gasteiger partial charge in [-0.25, -0.2) is 8.42 Å². The van der Waals surface area contributed by atoms with E-state index in [1.54, 1.807) is 0 Å². The molecule has 110 valence electrons. The van der Waals surface area contributed by atoms with Gasteiger partial charge in [0.1, 0.15) is 0 Å². The van der Waals surface area contributed by atoms with Gasteiger partial charge in [-0.3, -0.25) is 4.79 Å². The van der Waals surface area contributed by atoms with Crippen molar-refractivity contribution in [3.8, 4) is 0 Å². The summed E-state index contributed by atoms with van der Waals surface area (Å²) in [7, 11) is -3.79. The summed E-state index contributed by atoms with van der Waals surface area (Å²) >= 11 is 0. The molecule has 0 aromatic heterocycles. The molecule has 1 aliphatic carbocycles. The molecule has 1 aromatic rings. The Morgan fingerprint density at radius 3 is 2.45 bits per heavy atom. The first-order valence-corrected chi connectivity index (χ1v) is 8.26. The first-order chi connectivity index (χ1) is 9.40. The molecule has 20 heavy (non-hydrogen) atoms. The number of carboxylic acid groups (broad SMARTS) is 1. The molecule has 1 N–H and O–H groups in total. The maximum atomic E-state index is 12.3. The van der Waals surface area contributed by atoms with Crippen LogP contribution in [0.5, 0.6) is 0 Å². The van der Waals surface area contributed by atoms with Gasteiger partial charge in [0.2, 0.25) is 10.0 Å². The Labute approximate surface area is 119 Å². The zero-order valence-corrected chi connectivity index (χ0v) is 12.2. The Kier molecular flexibility index (Phi) is 4.45. The predicted molar refractivity (Wildman–Crippen MR) is 75.6 cm³/mol. The Morgan fingerprint density at radius 2 is 1.95 bits per heavy atom. The molecule has 0 saturated heterocycles. The SMILES string of the molecule is CC(C1CC1)N(Cc1ccccc1)S(=O)(=O)CC(=O)O. The fraction of sp³-hybridized carbons (Fsp3) is 0.500. The molecule has 2 rings (SSSR count). The number of benzene rings is 1. The minimum Gasteiger partial charge on any atom is -0.480 e. The maximum Gasteiger partial charge on any atom is 0.320 e. The van der Waals surface area contributed by atoms with Crippen LogP contribution in [0.15, 0.2) is 30.3 Å². The summed E-state index contributed by atoms with van der Waals surface area (Å²) in [5.41, 5.74) is 0.869. The van der Waals surface area contributed by atoms with E-state index in [9.17, 15) is 13.2 Å². The zero-order valence-electron chi connectivity index (χ0n) is 11.4. The van der Waals surface area contributed by atoms with Gasteiger partial charge in [0.05, 0.1) is 0 Å². The van der Waals surface area contributed by atoms with Crippen LogP contribution in [0.2, 0.25) is 0 Å². The Morgan fingerprint density at radius 1 is 1.35 bits per heavy atom. The lowest BCUT2D eigenvalue weighted by molar-refractivity contribution is -0.134. The summed E-state index contributed by atoms with van der Waals surface area (Å²) in [6.07, 6.45) is 2.02. The van der Waals surface area contributed by atoms with Gasteiger partial charge in [0.25, 0.3) is 0 Å². The van der Waals surface area contributed by atoms with Gasteiger partial charge in [-0.05, 0) is 31.2 Å². The molecule has 0 heterocycles. The average Bonchev–Trinajstić information content (AvgIpc) is 3.19. The molecule has 0 radical (unpaired) electrons. The van der Waals surface area contributed by atoms with Crippen LogP contribution >= 0.6 is 0 Å². The van der Waals surface area contributed by atoms with E-state index in [1.165, 1.54) is 4.31 Å². The number of aliphatic carboxylic acids is 1. The van der Waals surface area contributed by atoms with Gasteiger partial charge in [-0.15, -0.1) is 0 Å². The molecule has 1 atom stereocenters. The predicted octanol–water partition coefficient (Wildman–Crippen LogP) is 1.70. The van der Waals surface area contributed by atoms with E-state index >= 15 is 0 Å². The normalized spacial score (nSPS) is 17.1. The van der Waals surface area contributed by atoms with Crippen molar-refractivity contribution < 1.29 is 18.3 Å². The third-order valence-electron chi connectivity index (χ3n) is 3.60. The highest BCUT2D eigenvalue weighted by Gasteiger charge is 2.38. The summed E-state index contributed by atoms with van der Waals surface area (Å²) in [6.45, 7) is 2.09. The first-order valence-electron chi connectivity index (χ1n) is 6.65. The summed E-state index contributed by atoms with van der Waals surface area (Å²) < 4.78 is 25.9. The smallest absolute Gasteiger partial charge is 0.320 e. The Balaban J connectivity index is 2.22. The highest BCUT2D eigenvalue weighted by Crippen LogP contribution is 2.36. The molecule has 1 aliphatic rings. The summed E-state index contributed by atoms with van der Waals surface area (Å²) in [6, 6.07) is 9.10. The number of carbonyl (C=O) groups is 1. The molecule has 1 fully saturated rings. The second kappa shape index (κ2) is 5.93. The number of carboxylic acids is 1. The van der Waals surface area contributed by atoms with E-state index in [1.807, 2.05) is 37.3 Å². The van der Waals surface area contributed by atoms with Crippen molar-refractivity contribution >= 4 is 16.0 Å². The quantitative estimate of drug-likeness (QED) is 0.831. The van der Waals surface area contributed by atoms with E-state index < -0.39 is 21.7 Å². The van der Waals surface area contributed by atoms with Crippen molar-refractivity contribution in [3.05, 3.63) is 35.9 Å². The van der Waals surface area contributed by atoms with Crippen LogP contribution in [0.3, 0.4) is 0 Å². The number of nitrogens with zero attached hydrogens (tertiary/aromatic N) is 1. The van der Waals surface area contributed by atoms with Crippen LogP contribution in [0.4, 0.5) is 0 Å². The average molecular weight is 297 g/mol. The van der Waals surface area contributed by atoms with Gasteiger partial charge in [-0.2, -0.15) is 4.31 Å². The first kappa shape index (κ1) is 15.0. The van der Waals surface area contributed by atoms with Crippen molar-refractivity contribution in [2.24, 2.45) is 5.92 Å². The molecule has 6 heteroatoms. The van der Waals surface area contributed by atoms with E-state index in [2.05, 4.69) is 0 Å². The molecule has 0 bridgehead atoms. The van der Waals surface area contributed by atoms with Crippen LogP contribution in [0.1, 0.15) is 25.3 Å². The second-order valence-corrected chi connectivity index (χ2v) is 7.18. The van der Waals surface area contributed by atoms with Crippen molar-refractivity contribution in [1.29, 1.82) is 0 Å². The zero-order chi connectivity index (χ0) is 14.8. The fourth-order valence-electron chi connectivity index (χ4n) is 2.31. The van der Waals surface area contributed by atoms with Crippen LogP contribution < -0.4 is 0 Å². The van der Waals surface area contributed by atoms with E-state index in [0.717, 1.165) is 18.4 Å². The molecule has 1 unspecified atom stereocenters.